The molecule has 2 aliphatic rings. The molecule has 1 saturated heterocycles. The molecule has 0 aromatic carbocycles. The highest BCUT2D eigenvalue weighted by Crippen LogP contribution is 2.40. The van der Waals surface area contributed by atoms with Crippen molar-refractivity contribution in [3.63, 3.8) is 0 Å². The van der Waals surface area contributed by atoms with Crippen molar-refractivity contribution in [1.29, 1.82) is 0 Å². The Morgan fingerprint density at radius 3 is 2.89 bits per heavy atom. The van der Waals surface area contributed by atoms with Gasteiger partial charge in [-0.15, -0.1) is 11.3 Å². The average Bonchev–Trinajstić information content (AvgIpc) is 3.03. The maximum Gasteiger partial charge on any atom is 0.261 e. The lowest BCUT2D eigenvalue weighted by molar-refractivity contribution is 0.00988. The quantitative estimate of drug-likeness (QED) is 0.906. The van der Waals surface area contributed by atoms with Gasteiger partial charge in [-0.05, 0) is 31.4 Å². The molecular formula is C13H16ClNO2S. The van der Waals surface area contributed by atoms with E-state index in [1.54, 1.807) is 12.1 Å². The van der Waals surface area contributed by atoms with E-state index in [4.69, 9.17) is 16.3 Å². The summed E-state index contributed by atoms with van der Waals surface area (Å²) in [6.07, 6.45) is 5.74. The van der Waals surface area contributed by atoms with E-state index >= 15 is 0 Å². The van der Waals surface area contributed by atoms with Crippen LogP contribution in [-0.2, 0) is 4.74 Å². The van der Waals surface area contributed by atoms with Gasteiger partial charge in [0.2, 0.25) is 0 Å². The zero-order valence-corrected chi connectivity index (χ0v) is 11.6. The van der Waals surface area contributed by atoms with Crippen LogP contribution in [0.15, 0.2) is 12.1 Å². The Kier molecular flexibility index (Phi) is 3.34. The van der Waals surface area contributed by atoms with Gasteiger partial charge in [0, 0.05) is 0 Å². The van der Waals surface area contributed by atoms with Gasteiger partial charge >= 0.3 is 0 Å². The number of hydrogen-bond acceptors (Lipinski definition) is 3. The Hall–Kier alpha value is -0.580. The van der Waals surface area contributed by atoms with Crippen molar-refractivity contribution < 1.29 is 9.53 Å². The molecule has 1 aromatic heterocycles. The van der Waals surface area contributed by atoms with Crippen molar-refractivity contribution in [2.45, 2.75) is 43.7 Å². The molecule has 1 atom stereocenters. The van der Waals surface area contributed by atoms with Crippen molar-refractivity contribution in [3.05, 3.63) is 21.3 Å². The van der Waals surface area contributed by atoms with Crippen molar-refractivity contribution in [2.24, 2.45) is 0 Å². The molecule has 1 spiro atoms. The normalized spacial score (nSPS) is 25.7. The third kappa shape index (κ3) is 2.42. The number of nitrogens with one attached hydrogen (secondary N) is 1. The summed E-state index contributed by atoms with van der Waals surface area (Å²) in [4.78, 5) is 12.7. The molecule has 98 valence electrons. The Labute approximate surface area is 115 Å². The maximum atomic E-state index is 12.0. The minimum atomic E-state index is -0.0319. The molecule has 0 bridgehead atoms. The molecule has 2 fully saturated rings. The Morgan fingerprint density at radius 2 is 2.22 bits per heavy atom. The van der Waals surface area contributed by atoms with E-state index in [1.807, 2.05) is 0 Å². The number of ether oxygens (including phenoxy) is 1. The number of carbonyl (C=O) groups is 1. The molecule has 2 heterocycles. The van der Waals surface area contributed by atoms with Crippen molar-refractivity contribution in [3.8, 4) is 0 Å². The van der Waals surface area contributed by atoms with Gasteiger partial charge in [-0.2, -0.15) is 0 Å². The van der Waals surface area contributed by atoms with Crippen LogP contribution < -0.4 is 5.32 Å². The number of thiophene rings is 1. The van der Waals surface area contributed by atoms with Crippen LogP contribution >= 0.6 is 22.9 Å². The molecule has 1 aromatic rings. The van der Waals surface area contributed by atoms with Crippen molar-refractivity contribution in [2.75, 3.05) is 6.61 Å². The molecule has 1 unspecified atom stereocenters. The standard InChI is InChI=1S/C13H16ClNO2S/c14-11-4-3-10(18-11)12(16)15-9-7-13(17-8-9)5-1-2-6-13/h3-4,9H,1-2,5-8H2,(H,15,16). The molecule has 1 amide bonds. The molecule has 3 rings (SSSR count). The second-order valence-electron chi connectivity index (χ2n) is 5.18. The van der Waals surface area contributed by atoms with Crippen LogP contribution in [0.2, 0.25) is 4.34 Å². The third-order valence-corrected chi connectivity index (χ3v) is 5.09. The van der Waals surface area contributed by atoms with Gasteiger partial charge in [-0.3, -0.25) is 4.79 Å². The van der Waals surface area contributed by atoms with Crippen LogP contribution in [-0.4, -0.2) is 24.2 Å². The minimum absolute atomic E-state index is 0.0319. The predicted molar refractivity (Wildman–Crippen MR) is 72.4 cm³/mol. The molecule has 1 saturated carbocycles. The Balaban J connectivity index is 1.59. The van der Waals surface area contributed by atoms with Gasteiger partial charge in [0.15, 0.2) is 0 Å². The van der Waals surface area contributed by atoms with Crippen LogP contribution in [0, 0.1) is 0 Å². The third-order valence-electron chi connectivity index (χ3n) is 3.86. The Morgan fingerprint density at radius 1 is 1.44 bits per heavy atom. The van der Waals surface area contributed by atoms with Crippen LogP contribution in [0.1, 0.15) is 41.8 Å². The molecule has 5 heteroatoms. The average molecular weight is 286 g/mol. The summed E-state index contributed by atoms with van der Waals surface area (Å²) < 4.78 is 6.57. The first kappa shape index (κ1) is 12.5. The maximum absolute atomic E-state index is 12.0. The lowest BCUT2D eigenvalue weighted by atomic mass is 9.96. The molecule has 0 radical (unpaired) electrons. The lowest BCUT2D eigenvalue weighted by Gasteiger charge is -2.21. The van der Waals surface area contributed by atoms with Gasteiger partial charge in [-0.25, -0.2) is 0 Å². The number of carbonyl (C=O) groups excluding carboxylic acids is 1. The Bertz CT molecular complexity index is 454. The predicted octanol–water partition coefficient (Wildman–Crippen LogP) is 3.23. The molecule has 18 heavy (non-hydrogen) atoms. The van der Waals surface area contributed by atoms with Crippen LogP contribution in [0.25, 0.3) is 0 Å². The summed E-state index contributed by atoms with van der Waals surface area (Å²) >= 11 is 7.15. The summed E-state index contributed by atoms with van der Waals surface area (Å²) in [5.41, 5.74) is 0.0606. The summed E-state index contributed by atoms with van der Waals surface area (Å²) in [6.45, 7) is 0.644. The lowest BCUT2D eigenvalue weighted by Crippen LogP contribution is -2.35. The second kappa shape index (κ2) is 4.83. The summed E-state index contributed by atoms with van der Waals surface area (Å²) in [6, 6.07) is 3.67. The van der Waals surface area contributed by atoms with Gasteiger partial charge in [0.1, 0.15) is 0 Å². The number of rotatable bonds is 2. The van der Waals surface area contributed by atoms with Crippen molar-refractivity contribution >= 4 is 28.8 Å². The fourth-order valence-electron chi connectivity index (χ4n) is 3.00. The van der Waals surface area contributed by atoms with E-state index in [0.717, 1.165) is 19.3 Å². The van der Waals surface area contributed by atoms with Gasteiger partial charge in [-0.1, -0.05) is 24.4 Å². The SMILES string of the molecule is O=C(NC1COC2(CCCC2)C1)c1ccc(Cl)s1. The summed E-state index contributed by atoms with van der Waals surface area (Å²) in [5, 5.41) is 3.05. The molecule has 1 aliphatic carbocycles. The minimum Gasteiger partial charge on any atom is -0.373 e. The van der Waals surface area contributed by atoms with Gasteiger partial charge in [0.05, 0.1) is 27.5 Å². The first-order valence-corrected chi connectivity index (χ1v) is 7.57. The van der Waals surface area contributed by atoms with Crippen LogP contribution in [0.5, 0.6) is 0 Å². The van der Waals surface area contributed by atoms with Gasteiger partial charge < -0.3 is 10.1 Å². The zero-order chi connectivity index (χ0) is 12.6. The molecular weight excluding hydrogens is 270 g/mol. The number of halogens is 1. The molecule has 1 N–H and O–H groups in total. The highest BCUT2D eigenvalue weighted by atomic mass is 35.5. The van der Waals surface area contributed by atoms with Crippen LogP contribution in [0.3, 0.4) is 0 Å². The van der Waals surface area contributed by atoms with Crippen LogP contribution in [0.4, 0.5) is 0 Å². The summed E-state index contributed by atoms with van der Waals surface area (Å²) in [5.74, 6) is -0.0319. The van der Waals surface area contributed by atoms with Crippen molar-refractivity contribution in [1.82, 2.24) is 5.32 Å². The fraction of sp³-hybridized carbons (Fsp3) is 0.615. The molecule has 3 nitrogen and oxygen atoms in total. The molecule has 1 aliphatic heterocycles. The zero-order valence-electron chi connectivity index (χ0n) is 10.1. The second-order valence-corrected chi connectivity index (χ2v) is 6.89. The van der Waals surface area contributed by atoms with Gasteiger partial charge in [0.25, 0.3) is 5.91 Å². The monoisotopic (exact) mass is 285 g/mol. The number of hydrogen-bond donors (Lipinski definition) is 1. The smallest absolute Gasteiger partial charge is 0.261 e. The van der Waals surface area contributed by atoms with E-state index in [-0.39, 0.29) is 17.6 Å². The highest BCUT2D eigenvalue weighted by molar-refractivity contribution is 7.17. The largest absolute Gasteiger partial charge is 0.373 e. The van der Waals surface area contributed by atoms with E-state index in [9.17, 15) is 4.79 Å². The van der Waals surface area contributed by atoms with E-state index in [0.29, 0.717) is 15.8 Å². The van der Waals surface area contributed by atoms with E-state index < -0.39 is 0 Å². The first-order chi connectivity index (χ1) is 8.67. The fourth-order valence-corrected chi connectivity index (χ4v) is 3.94. The highest BCUT2D eigenvalue weighted by Gasteiger charge is 2.42. The summed E-state index contributed by atoms with van der Waals surface area (Å²) in [7, 11) is 0. The first-order valence-electron chi connectivity index (χ1n) is 6.37. The topological polar surface area (TPSA) is 38.3 Å². The van der Waals surface area contributed by atoms with E-state index in [1.165, 1.54) is 24.2 Å². The van der Waals surface area contributed by atoms with E-state index in [2.05, 4.69) is 5.32 Å². The number of amides is 1.